The van der Waals surface area contributed by atoms with E-state index in [0.717, 1.165) is 6.08 Å². The zero-order chi connectivity index (χ0) is 12.1. The van der Waals surface area contributed by atoms with Gasteiger partial charge in [0.2, 0.25) is 0 Å². The fraction of sp³-hybridized carbons (Fsp3) is 0.600. The standard InChI is InChI=1S/C10H16N2O4/c1-3-8(14)11-10(15)12(2)9-5-4-7(6-13)16-9/h3,7,9,13H,1,4-6H2,2H3,(H,11,14,15)/t7-,9+/m0/s1. The minimum Gasteiger partial charge on any atom is -0.394 e. The van der Waals surface area contributed by atoms with E-state index in [2.05, 4.69) is 11.9 Å². The molecule has 2 N–H and O–H groups in total. The van der Waals surface area contributed by atoms with Crippen molar-refractivity contribution in [1.82, 2.24) is 10.2 Å². The molecule has 90 valence electrons. The van der Waals surface area contributed by atoms with Crippen LogP contribution in [0, 0.1) is 0 Å². The summed E-state index contributed by atoms with van der Waals surface area (Å²) in [6.45, 7) is 3.19. The average molecular weight is 228 g/mol. The number of nitrogens with one attached hydrogen (secondary N) is 1. The molecule has 1 saturated heterocycles. The van der Waals surface area contributed by atoms with Gasteiger partial charge in [-0.2, -0.15) is 0 Å². The number of hydrogen-bond donors (Lipinski definition) is 2. The zero-order valence-electron chi connectivity index (χ0n) is 9.18. The van der Waals surface area contributed by atoms with Crippen LogP contribution in [0.3, 0.4) is 0 Å². The van der Waals surface area contributed by atoms with Gasteiger partial charge in [0.15, 0.2) is 0 Å². The molecule has 0 aromatic rings. The quantitative estimate of drug-likeness (QED) is 0.658. The van der Waals surface area contributed by atoms with Crippen LogP contribution in [0.1, 0.15) is 12.8 Å². The summed E-state index contributed by atoms with van der Waals surface area (Å²) < 4.78 is 5.39. The Kier molecular flexibility index (Phi) is 4.45. The Morgan fingerprint density at radius 1 is 1.62 bits per heavy atom. The number of nitrogens with zero attached hydrogens (tertiary/aromatic N) is 1. The molecule has 0 aromatic heterocycles. The van der Waals surface area contributed by atoms with Gasteiger partial charge in [0, 0.05) is 7.05 Å². The number of urea groups is 1. The number of amides is 3. The van der Waals surface area contributed by atoms with Crippen LogP contribution >= 0.6 is 0 Å². The van der Waals surface area contributed by atoms with E-state index in [-0.39, 0.29) is 12.7 Å². The first-order valence-corrected chi connectivity index (χ1v) is 5.05. The van der Waals surface area contributed by atoms with Crippen molar-refractivity contribution in [2.24, 2.45) is 0 Å². The van der Waals surface area contributed by atoms with Crippen molar-refractivity contribution in [3.05, 3.63) is 12.7 Å². The highest BCUT2D eigenvalue weighted by Gasteiger charge is 2.30. The van der Waals surface area contributed by atoms with Crippen LogP contribution < -0.4 is 5.32 Å². The molecule has 6 heteroatoms. The van der Waals surface area contributed by atoms with Crippen molar-refractivity contribution in [3.63, 3.8) is 0 Å². The molecule has 0 unspecified atom stereocenters. The normalized spacial score (nSPS) is 23.9. The third-order valence-electron chi connectivity index (χ3n) is 2.46. The molecule has 1 aliphatic heterocycles. The van der Waals surface area contributed by atoms with E-state index < -0.39 is 18.2 Å². The van der Waals surface area contributed by atoms with Crippen molar-refractivity contribution in [1.29, 1.82) is 0 Å². The first-order chi connectivity index (χ1) is 7.58. The van der Waals surface area contributed by atoms with Gasteiger partial charge in [-0.1, -0.05) is 6.58 Å². The lowest BCUT2D eigenvalue weighted by Crippen LogP contribution is -2.45. The molecular formula is C10H16N2O4. The Hall–Kier alpha value is -1.40. The van der Waals surface area contributed by atoms with Crippen molar-refractivity contribution in [3.8, 4) is 0 Å². The number of carbonyl (C=O) groups excluding carboxylic acids is 2. The lowest BCUT2D eigenvalue weighted by molar-refractivity contribution is -0.115. The van der Waals surface area contributed by atoms with Gasteiger partial charge >= 0.3 is 6.03 Å². The zero-order valence-corrected chi connectivity index (χ0v) is 9.18. The van der Waals surface area contributed by atoms with Crippen LogP contribution in [0.2, 0.25) is 0 Å². The van der Waals surface area contributed by atoms with Crippen LogP contribution in [0.15, 0.2) is 12.7 Å². The third kappa shape index (κ3) is 3.04. The first-order valence-electron chi connectivity index (χ1n) is 5.05. The number of rotatable bonds is 3. The van der Waals surface area contributed by atoms with Crippen LogP contribution in [0.5, 0.6) is 0 Å². The van der Waals surface area contributed by atoms with Gasteiger partial charge in [-0.15, -0.1) is 0 Å². The van der Waals surface area contributed by atoms with E-state index in [0.29, 0.717) is 12.8 Å². The van der Waals surface area contributed by atoms with E-state index in [4.69, 9.17) is 9.84 Å². The van der Waals surface area contributed by atoms with E-state index in [1.165, 1.54) is 11.9 Å². The number of imide groups is 1. The summed E-state index contributed by atoms with van der Waals surface area (Å²) >= 11 is 0. The SMILES string of the molecule is C=CC(=O)NC(=O)N(C)[C@H]1CC[C@@H](CO)O1. The molecule has 0 bridgehead atoms. The maximum Gasteiger partial charge on any atom is 0.326 e. The smallest absolute Gasteiger partial charge is 0.326 e. The van der Waals surface area contributed by atoms with E-state index in [1.54, 1.807) is 0 Å². The number of aliphatic hydroxyl groups is 1. The Morgan fingerprint density at radius 3 is 2.81 bits per heavy atom. The minimum absolute atomic E-state index is 0.0580. The van der Waals surface area contributed by atoms with Gasteiger partial charge in [0.25, 0.3) is 5.91 Å². The Bertz CT molecular complexity index is 293. The largest absolute Gasteiger partial charge is 0.394 e. The number of aliphatic hydroxyl groups excluding tert-OH is 1. The molecule has 16 heavy (non-hydrogen) atoms. The maximum absolute atomic E-state index is 11.5. The Balaban J connectivity index is 2.45. The van der Waals surface area contributed by atoms with Crippen molar-refractivity contribution < 1.29 is 19.4 Å². The van der Waals surface area contributed by atoms with Gasteiger partial charge in [0.1, 0.15) is 6.23 Å². The van der Waals surface area contributed by atoms with Crippen molar-refractivity contribution in [2.45, 2.75) is 25.2 Å². The summed E-state index contributed by atoms with van der Waals surface area (Å²) in [6.07, 6.45) is 1.76. The van der Waals surface area contributed by atoms with Gasteiger partial charge < -0.3 is 14.7 Å². The van der Waals surface area contributed by atoms with Crippen LogP contribution in [0.4, 0.5) is 4.79 Å². The molecule has 3 amide bonds. The predicted molar refractivity (Wildman–Crippen MR) is 56.5 cm³/mol. The average Bonchev–Trinajstić information content (AvgIpc) is 2.76. The number of carbonyl (C=O) groups is 2. The van der Waals surface area contributed by atoms with Gasteiger partial charge in [-0.05, 0) is 18.9 Å². The summed E-state index contributed by atoms with van der Waals surface area (Å²) in [5.74, 6) is -0.548. The second-order valence-corrected chi connectivity index (χ2v) is 3.58. The molecule has 1 heterocycles. The van der Waals surface area contributed by atoms with Gasteiger partial charge in [-0.25, -0.2) is 4.79 Å². The minimum atomic E-state index is -0.548. The molecular weight excluding hydrogens is 212 g/mol. The number of hydrogen-bond acceptors (Lipinski definition) is 4. The lowest BCUT2D eigenvalue weighted by atomic mass is 10.2. The molecule has 0 radical (unpaired) electrons. The van der Waals surface area contributed by atoms with E-state index in [1.807, 2.05) is 0 Å². The molecule has 2 atom stereocenters. The monoisotopic (exact) mass is 228 g/mol. The van der Waals surface area contributed by atoms with Crippen LogP contribution in [-0.2, 0) is 9.53 Å². The summed E-state index contributed by atoms with van der Waals surface area (Å²) in [5.41, 5.74) is 0. The Labute approximate surface area is 93.9 Å². The summed E-state index contributed by atoms with van der Waals surface area (Å²) in [7, 11) is 1.54. The maximum atomic E-state index is 11.5. The second kappa shape index (κ2) is 5.62. The van der Waals surface area contributed by atoms with E-state index >= 15 is 0 Å². The highest BCUT2D eigenvalue weighted by atomic mass is 16.5. The topological polar surface area (TPSA) is 78.9 Å². The highest BCUT2D eigenvalue weighted by molar-refractivity contribution is 5.99. The van der Waals surface area contributed by atoms with Gasteiger partial charge in [-0.3, -0.25) is 10.1 Å². The predicted octanol–water partition coefficient (Wildman–Crippen LogP) is -0.162. The third-order valence-corrected chi connectivity index (χ3v) is 2.46. The molecule has 0 saturated carbocycles. The summed E-state index contributed by atoms with van der Waals surface area (Å²) in [4.78, 5) is 23.7. The Morgan fingerprint density at radius 2 is 2.31 bits per heavy atom. The molecule has 1 fully saturated rings. The van der Waals surface area contributed by atoms with Crippen LogP contribution in [-0.4, -0.2) is 47.9 Å². The van der Waals surface area contributed by atoms with Crippen molar-refractivity contribution >= 4 is 11.9 Å². The first kappa shape index (κ1) is 12.7. The second-order valence-electron chi connectivity index (χ2n) is 3.58. The molecule has 0 aliphatic carbocycles. The fourth-order valence-electron chi connectivity index (χ4n) is 1.48. The molecule has 0 aromatic carbocycles. The fourth-order valence-corrected chi connectivity index (χ4v) is 1.48. The summed E-state index contributed by atoms with van der Waals surface area (Å²) in [6, 6.07) is -0.534. The molecule has 1 aliphatic rings. The van der Waals surface area contributed by atoms with Crippen LogP contribution in [0.25, 0.3) is 0 Å². The highest BCUT2D eigenvalue weighted by Crippen LogP contribution is 2.21. The van der Waals surface area contributed by atoms with Crippen molar-refractivity contribution in [2.75, 3.05) is 13.7 Å². The summed E-state index contributed by atoms with van der Waals surface area (Å²) in [5, 5.41) is 11.0. The molecule has 6 nitrogen and oxygen atoms in total. The lowest BCUT2D eigenvalue weighted by Gasteiger charge is -2.24. The molecule has 0 spiro atoms. The number of ether oxygens (including phenoxy) is 1. The van der Waals surface area contributed by atoms with E-state index in [9.17, 15) is 9.59 Å². The molecule has 1 rings (SSSR count). The van der Waals surface area contributed by atoms with Gasteiger partial charge in [0.05, 0.1) is 12.7 Å².